The number of nitrogens with zero attached hydrogens (tertiary/aromatic N) is 2. The molecule has 0 atom stereocenters. The maximum absolute atomic E-state index is 11.1. The number of sulfone groups is 1. The molecular formula is C5H6N2O5S. The van der Waals surface area contributed by atoms with Crippen LogP contribution in [0.1, 0.15) is 6.92 Å². The summed E-state index contributed by atoms with van der Waals surface area (Å²) in [7, 11) is -3.80. The van der Waals surface area contributed by atoms with E-state index in [0.717, 1.165) is 0 Å². The summed E-state index contributed by atoms with van der Waals surface area (Å²) < 4.78 is 22.2. The van der Waals surface area contributed by atoms with E-state index in [1.165, 1.54) is 6.92 Å². The minimum Gasteiger partial charge on any atom is -0.410 e. The lowest BCUT2D eigenvalue weighted by atomic mass is 10.3. The van der Waals surface area contributed by atoms with Crippen LogP contribution in [-0.4, -0.2) is 29.3 Å². The van der Waals surface area contributed by atoms with Crippen LogP contribution in [0.2, 0.25) is 0 Å². The van der Waals surface area contributed by atoms with Crippen molar-refractivity contribution in [2.45, 2.75) is 6.92 Å². The summed E-state index contributed by atoms with van der Waals surface area (Å²) in [5, 5.41) is 20.5. The van der Waals surface area contributed by atoms with Gasteiger partial charge in [-0.15, -0.1) is 0 Å². The van der Waals surface area contributed by atoms with Crippen LogP contribution in [0.15, 0.2) is 16.4 Å². The van der Waals surface area contributed by atoms with Gasteiger partial charge in [0.25, 0.3) is 5.70 Å². The van der Waals surface area contributed by atoms with Gasteiger partial charge in [-0.1, -0.05) is 5.16 Å². The van der Waals surface area contributed by atoms with Crippen molar-refractivity contribution in [3.05, 3.63) is 21.4 Å². The average molecular weight is 206 g/mol. The van der Waals surface area contributed by atoms with Gasteiger partial charge in [-0.25, -0.2) is 8.42 Å². The monoisotopic (exact) mass is 206 g/mol. The van der Waals surface area contributed by atoms with Crippen molar-refractivity contribution >= 4 is 14.9 Å². The van der Waals surface area contributed by atoms with Crippen molar-refractivity contribution in [3.8, 4) is 0 Å². The zero-order valence-electron chi connectivity index (χ0n) is 6.59. The molecule has 7 nitrogen and oxygen atoms in total. The van der Waals surface area contributed by atoms with Crippen molar-refractivity contribution in [3.63, 3.8) is 0 Å². The number of hydrogen-bond donors (Lipinski definition) is 1. The van der Waals surface area contributed by atoms with Crippen molar-refractivity contribution in [1.29, 1.82) is 0 Å². The maximum atomic E-state index is 11.1. The molecule has 0 bridgehead atoms. The van der Waals surface area contributed by atoms with Gasteiger partial charge in [-0.05, 0) is 6.92 Å². The van der Waals surface area contributed by atoms with E-state index in [1.807, 2.05) is 0 Å². The molecule has 72 valence electrons. The second-order valence-corrected chi connectivity index (χ2v) is 4.40. The van der Waals surface area contributed by atoms with Crippen LogP contribution in [0.5, 0.6) is 0 Å². The fourth-order valence-corrected chi connectivity index (χ4v) is 2.57. The molecule has 1 aliphatic rings. The molecule has 0 aromatic rings. The first-order chi connectivity index (χ1) is 5.90. The van der Waals surface area contributed by atoms with Crippen molar-refractivity contribution in [2.75, 3.05) is 5.75 Å². The van der Waals surface area contributed by atoms with Gasteiger partial charge in [0.05, 0.1) is 10.5 Å². The molecule has 0 aliphatic carbocycles. The summed E-state index contributed by atoms with van der Waals surface area (Å²) >= 11 is 0. The molecule has 0 saturated carbocycles. The zero-order valence-corrected chi connectivity index (χ0v) is 7.41. The Morgan fingerprint density at radius 1 is 1.62 bits per heavy atom. The minimum absolute atomic E-state index is 0.104. The van der Waals surface area contributed by atoms with Gasteiger partial charge in [-0.3, -0.25) is 10.1 Å². The molecule has 0 aromatic heterocycles. The molecular weight excluding hydrogens is 200 g/mol. The third kappa shape index (κ3) is 1.39. The lowest BCUT2D eigenvalue weighted by Crippen LogP contribution is -2.12. The Kier molecular flexibility index (Phi) is 2.08. The smallest absolute Gasteiger partial charge is 0.267 e. The predicted octanol–water partition coefficient (Wildman–Crippen LogP) is -0.247. The second kappa shape index (κ2) is 2.80. The molecule has 8 heteroatoms. The highest BCUT2D eigenvalue weighted by atomic mass is 32.2. The maximum Gasteiger partial charge on any atom is 0.267 e. The first-order valence-corrected chi connectivity index (χ1v) is 4.84. The fourth-order valence-electron chi connectivity index (χ4n) is 1.04. The number of rotatable bonds is 1. The highest BCUT2D eigenvalue weighted by Gasteiger charge is 2.40. The molecule has 0 aromatic carbocycles. The Hall–Kier alpha value is -1.44. The van der Waals surface area contributed by atoms with Gasteiger partial charge in [0.15, 0.2) is 0 Å². The van der Waals surface area contributed by atoms with Crippen molar-refractivity contribution in [2.24, 2.45) is 5.16 Å². The number of nitro groups is 1. The van der Waals surface area contributed by atoms with E-state index in [9.17, 15) is 18.5 Å². The lowest BCUT2D eigenvalue weighted by Gasteiger charge is -1.90. The SMILES string of the molecule is CC1=C([N+](=O)[O-])CS(=O)(=O)/C1=N/O. The Bertz CT molecular complexity index is 418. The molecule has 0 fully saturated rings. The first kappa shape index (κ1) is 9.65. The van der Waals surface area contributed by atoms with E-state index in [-0.39, 0.29) is 5.57 Å². The van der Waals surface area contributed by atoms with Crippen LogP contribution >= 0.6 is 0 Å². The summed E-state index contributed by atoms with van der Waals surface area (Å²) in [4.78, 5) is 9.52. The Balaban J connectivity index is 3.34. The van der Waals surface area contributed by atoms with Crippen molar-refractivity contribution < 1.29 is 18.5 Å². The third-order valence-corrected chi connectivity index (χ3v) is 3.32. The van der Waals surface area contributed by atoms with Gasteiger partial charge in [-0.2, -0.15) is 0 Å². The molecule has 1 rings (SSSR count). The molecule has 1 heterocycles. The highest BCUT2D eigenvalue weighted by Crippen LogP contribution is 2.22. The van der Waals surface area contributed by atoms with Gasteiger partial charge in [0.2, 0.25) is 14.9 Å². The van der Waals surface area contributed by atoms with E-state index in [1.54, 1.807) is 0 Å². The van der Waals surface area contributed by atoms with Gasteiger partial charge < -0.3 is 5.21 Å². The molecule has 0 unspecified atom stereocenters. The summed E-state index contributed by atoms with van der Waals surface area (Å²) in [6, 6.07) is 0. The molecule has 13 heavy (non-hydrogen) atoms. The van der Waals surface area contributed by atoms with E-state index in [4.69, 9.17) is 5.21 Å². The van der Waals surface area contributed by atoms with E-state index in [0.29, 0.717) is 0 Å². The predicted molar refractivity (Wildman–Crippen MR) is 42.7 cm³/mol. The molecule has 1 N–H and O–H groups in total. The Labute approximate surface area is 73.4 Å². The summed E-state index contributed by atoms with van der Waals surface area (Å²) in [5.74, 6) is -0.703. The summed E-state index contributed by atoms with van der Waals surface area (Å²) in [6.45, 7) is 1.23. The van der Waals surface area contributed by atoms with Gasteiger partial charge in [0.1, 0.15) is 5.75 Å². The Morgan fingerprint density at radius 3 is 2.38 bits per heavy atom. The molecule has 0 saturated heterocycles. The normalized spacial score (nSPS) is 23.9. The first-order valence-electron chi connectivity index (χ1n) is 3.19. The van der Waals surface area contributed by atoms with Crippen LogP contribution < -0.4 is 0 Å². The molecule has 0 spiro atoms. The van der Waals surface area contributed by atoms with Crippen LogP contribution in [-0.2, 0) is 9.84 Å². The fraction of sp³-hybridized carbons (Fsp3) is 0.400. The van der Waals surface area contributed by atoms with Crippen LogP contribution in [0.4, 0.5) is 0 Å². The zero-order chi connectivity index (χ0) is 10.2. The van der Waals surface area contributed by atoms with E-state index >= 15 is 0 Å². The van der Waals surface area contributed by atoms with Gasteiger partial charge in [0, 0.05) is 0 Å². The average Bonchev–Trinajstić information content (AvgIpc) is 2.22. The number of oxime groups is 1. The van der Waals surface area contributed by atoms with Crippen LogP contribution in [0.25, 0.3) is 0 Å². The minimum atomic E-state index is -3.80. The molecule has 0 amide bonds. The lowest BCUT2D eigenvalue weighted by molar-refractivity contribution is -0.424. The van der Waals surface area contributed by atoms with E-state index in [2.05, 4.69) is 5.16 Å². The second-order valence-electron chi connectivity index (χ2n) is 2.49. The largest absolute Gasteiger partial charge is 0.410 e. The third-order valence-electron chi connectivity index (χ3n) is 1.69. The molecule has 1 aliphatic heterocycles. The summed E-state index contributed by atoms with van der Waals surface area (Å²) in [6.07, 6.45) is 0. The van der Waals surface area contributed by atoms with Gasteiger partial charge >= 0.3 is 0 Å². The highest BCUT2D eigenvalue weighted by molar-refractivity contribution is 8.07. The topological polar surface area (TPSA) is 110 Å². The molecule has 0 radical (unpaired) electrons. The Morgan fingerprint density at radius 2 is 2.15 bits per heavy atom. The standard InChI is InChI=1S/C5H6N2O5S/c1-3-4(7(9)10)2-13(11,12)5(3)6-8/h8H,2H2,1H3/b6-5+. The van der Waals surface area contributed by atoms with Crippen LogP contribution in [0.3, 0.4) is 0 Å². The van der Waals surface area contributed by atoms with Crippen molar-refractivity contribution in [1.82, 2.24) is 0 Å². The summed E-state index contributed by atoms with van der Waals surface area (Å²) in [5.41, 5.74) is -0.541. The van der Waals surface area contributed by atoms with E-state index < -0.39 is 31.3 Å². The number of hydrogen-bond acceptors (Lipinski definition) is 6. The van der Waals surface area contributed by atoms with Crippen LogP contribution in [0, 0.1) is 10.1 Å². The quantitative estimate of drug-likeness (QED) is 0.361.